The first-order chi connectivity index (χ1) is 18.2. The first-order valence-electron chi connectivity index (χ1n) is 12.8. The number of nitrogens with one attached hydrogen (secondary N) is 3. The molecule has 1 saturated heterocycles. The van der Waals surface area contributed by atoms with Crippen LogP contribution >= 0.6 is 0 Å². The molecule has 0 unspecified atom stereocenters. The number of benzene rings is 3. The van der Waals surface area contributed by atoms with Crippen LogP contribution in [0.15, 0.2) is 85.1 Å². The summed E-state index contributed by atoms with van der Waals surface area (Å²) in [6.07, 6.45) is 2.85. The molecule has 6 rings (SSSR count). The maximum Gasteiger partial charge on any atom is 0.172 e. The number of H-pyrrole nitrogens is 1. The summed E-state index contributed by atoms with van der Waals surface area (Å²) in [6.45, 7) is 5.36. The van der Waals surface area contributed by atoms with Gasteiger partial charge in [0.25, 0.3) is 0 Å². The van der Waals surface area contributed by atoms with Gasteiger partial charge in [0.15, 0.2) is 11.6 Å². The van der Waals surface area contributed by atoms with Gasteiger partial charge in [0.05, 0.1) is 23.1 Å². The van der Waals surface area contributed by atoms with Gasteiger partial charge in [0, 0.05) is 43.2 Å². The maximum atomic E-state index is 5.18. The molecule has 0 spiro atoms. The number of rotatable bonds is 7. The second-order valence-electron chi connectivity index (χ2n) is 9.62. The van der Waals surface area contributed by atoms with Crippen molar-refractivity contribution >= 4 is 22.5 Å². The third-order valence-corrected chi connectivity index (χ3v) is 6.99. The van der Waals surface area contributed by atoms with Crippen LogP contribution in [-0.2, 0) is 13.0 Å². The predicted octanol–water partition coefficient (Wildman–Crippen LogP) is 4.96. The van der Waals surface area contributed by atoms with E-state index in [0.29, 0.717) is 12.6 Å². The highest BCUT2D eigenvalue weighted by molar-refractivity contribution is 5.86. The van der Waals surface area contributed by atoms with Gasteiger partial charge in [-0.15, -0.1) is 0 Å². The number of fused-ring (bicyclic) bond motifs is 1. The van der Waals surface area contributed by atoms with Crippen molar-refractivity contribution in [2.24, 2.45) is 0 Å². The molecule has 7 nitrogen and oxygen atoms in total. The number of aromatic amines is 1. The molecule has 3 aromatic carbocycles. The summed E-state index contributed by atoms with van der Waals surface area (Å²) in [4.78, 5) is 12.4. The standard InChI is InChI=1S/C30H31N7/c1-21-26-17-24(12-13-27(26)36-35-21)28-19-33-29(32-18-23-10-6-3-7-11-23)30(34-28)37-15-14-31-25(20-37)16-22-8-4-2-5-9-22/h2-13,17,19,25,31H,14-16,18,20H2,1H3,(H,32,33)(H,35,36)/t25-/m0/s1. The average Bonchev–Trinajstić information content (AvgIpc) is 3.33. The molecule has 7 heteroatoms. The van der Waals surface area contributed by atoms with Crippen molar-refractivity contribution in [3.05, 3.63) is 102 Å². The molecule has 0 aliphatic carbocycles. The third kappa shape index (κ3) is 5.17. The van der Waals surface area contributed by atoms with Gasteiger partial charge >= 0.3 is 0 Å². The molecule has 3 heterocycles. The molecule has 37 heavy (non-hydrogen) atoms. The Labute approximate surface area is 217 Å². The lowest BCUT2D eigenvalue weighted by atomic mass is 10.0. The Morgan fingerprint density at radius 1 is 0.973 bits per heavy atom. The Morgan fingerprint density at radius 3 is 2.57 bits per heavy atom. The van der Waals surface area contributed by atoms with Crippen molar-refractivity contribution in [3.63, 3.8) is 0 Å². The number of hydrogen-bond donors (Lipinski definition) is 3. The highest BCUT2D eigenvalue weighted by Crippen LogP contribution is 2.29. The molecular formula is C30H31N7. The van der Waals surface area contributed by atoms with E-state index in [-0.39, 0.29) is 0 Å². The van der Waals surface area contributed by atoms with E-state index in [1.807, 2.05) is 19.2 Å². The summed E-state index contributed by atoms with van der Waals surface area (Å²) < 4.78 is 0. The van der Waals surface area contributed by atoms with Gasteiger partial charge < -0.3 is 15.5 Å². The third-order valence-electron chi connectivity index (χ3n) is 6.99. The van der Waals surface area contributed by atoms with Crippen LogP contribution in [0.5, 0.6) is 0 Å². The van der Waals surface area contributed by atoms with Crippen LogP contribution in [0.3, 0.4) is 0 Å². The van der Waals surface area contributed by atoms with Gasteiger partial charge in [-0.3, -0.25) is 5.10 Å². The average molecular weight is 490 g/mol. The van der Waals surface area contributed by atoms with Crippen LogP contribution in [0.4, 0.5) is 11.6 Å². The largest absolute Gasteiger partial charge is 0.363 e. The maximum absolute atomic E-state index is 5.18. The lowest BCUT2D eigenvalue weighted by Gasteiger charge is -2.35. The van der Waals surface area contributed by atoms with E-state index in [2.05, 4.69) is 98.5 Å². The first-order valence-corrected chi connectivity index (χ1v) is 12.8. The lowest BCUT2D eigenvalue weighted by Crippen LogP contribution is -2.52. The zero-order chi connectivity index (χ0) is 25.0. The van der Waals surface area contributed by atoms with Crippen LogP contribution in [0, 0.1) is 6.92 Å². The summed E-state index contributed by atoms with van der Waals surface area (Å²) in [6, 6.07) is 27.7. The Kier molecular flexibility index (Phi) is 6.52. The minimum Gasteiger partial charge on any atom is -0.363 e. The molecule has 5 aromatic rings. The van der Waals surface area contributed by atoms with E-state index in [9.17, 15) is 0 Å². The summed E-state index contributed by atoms with van der Waals surface area (Å²) in [5.74, 6) is 1.71. The Bertz CT molecular complexity index is 1480. The van der Waals surface area contributed by atoms with E-state index in [4.69, 9.17) is 9.97 Å². The molecular weight excluding hydrogens is 458 g/mol. The molecule has 0 amide bonds. The Hall–Kier alpha value is -4.23. The minimum atomic E-state index is 0.341. The zero-order valence-corrected chi connectivity index (χ0v) is 21.0. The fourth-order valence-electron chi connectivity index (χ4n) is 5.00. The predicted molar refractivity (Wildman–Crippen MR) is 150 cm³/mol. The second-order valence-corrected chi connectivity index (χ2v) is 9.62. The number of hydrogen-bond acceptors (Lipinski definition) is 6. The van der Waals surface area contributed by atoms with E-state index in [0.717, 1.165) is 65.5 Å². The van der Waals surface area contributed by atoms with Gasteiger partial charge in [-0.2, -0.15) is 5.10 Å². The fourth-order valence-corrected chi connectivity index (χ4v) is 5.00. The number of piperazine rings is 1. The molecule has 1 aliphatic rings. The molecule has 1 fully saturated rings. The summed E-state index contributed by atoms with van der Waals surface area (Å²) in [5.41, 5.74) is 6.46. The minimum absolute atomic E-state index is 0.341. The Balaban J connectivity index is 1.32. The van der Waals surface area contributed by atoms with E-state index >= 15 is 0 Å². The van der Waals surface area contributed by atoms with Crippen LogP contribution < -0.4 is 15.5 Å². The first kappa shape index (κ1) is 23.2. The number of anilines is 2. The molecule has 0 radical (unpaired) electrons. The van der Waals surface area contributed by atoms with Crippen LogP contribution in [0.2, 0.25) is 0 Å². The number of aryl methyl sites for hydroxylation is 1. The van der Waals surface area contributed by atoms with Crippen LogP contribution in [0.1, 0.15) is 16.8 Å². The van der Waals surface area contributed by atoms with E-state index in [1.165, 1.54) is 11.1 Å². The van der Waals surface area contributed by atoms with E-state index in [1.54, 1.807) is 0 Å². The summed E-state index contributed by atoms with van der Waals surface area (Å²) >= 11 is 0. The summed E-state index contributed by atoms with van der Waals surface area (Å²) in [5, 5.41) is 15.8. The quantitative estimate of drug-likeness (QED) is 0.300. The summed E-state index contributed by atoms with van der Waals surface area (Å²) in [7, 11) is 0. The monoisotopic (exact) mass is 489 g/mol. The molecule has 0 bridgehead atoms. The van der Waals surface area contributed by atoms with Gasteiger partial charge in [0.2, 0.25) is 0 Å². The fraction of sp³-hybridized carbons (Fsp3) is 0.233. The van der Waals surface area contributed by atoms with Crippen molar-refractivity contribution < 1.29 is 0 Å². The highest BCUT2D eigenvalue weighted by atomic mass is 15.3. The second kappa shape index (κ2) is 10.4. The SMILES string of the molecule is Cc1n[nH]c2ccc(-c3cnc(NCc4ccccc4)c(N4CCN[C@@H](Cc5ccccc5)C4)n3)cc12. The van der Waals surface area contributed by atoms with Crippen molar-refractivity contribution in [1.29, 1.82) is 0 Å². The number of aromatic nitrogens is 4. The van der Waals surface area contributed by atoms with Gasteiger partial charge in [-0.05, 0) is 36.6 Å². The van der Waals surface area contributed by atoms with Crippen molar-refractivity contribution in [1.82, 2.24) is 25.5 Å². The molecule has 3 N–H and O–H groups in total. The van der Waals surface area contributed by atoms with E-state index < -0.39 is 0 Å². The van der Waals surface area contributed by atoms with Crippen LogP contribution in [-0.4, -0.2) is 45.8 Å². The molecule has 1 aliphatic heterocycles. The van der Waals surface area contributed by atoms with Crippen molar-refractivity contribution in [2.45, 2.75) is 25.9 Å². The number of nitrogens with zero attached hydrogens (tertiary/aromatic N) is 4. The normalized spacial score (nSPS) is 15.7. The van der Waals surface area contributed by atoms with Gasteiger partial charge in [-0.25, -0.2) is 9.97 Å². The van der Waals surface area contributed by atoms with Crippen molar-refractivity contribution in [2.75, 3.05) is 29.9 Å². The smallest absolute Gasteiger partial charge is 0.172 e. The molecule has 2 aromatic heterocycles. The van der Waals surface area contributed by atoms with Gasteiger partial charge in [0.1, 0.15) is 0 Å². The Morgan fingerprint density at radius 2 is 1.76 bits per heavy atom. The molecule has 1 atom stereocenters. The zero-order valence-electron chi connectivity index (χ0n) is 21.0. The van der Waals surface area contributed by atoms with Crippen LogP contribution in [0.25, 0.3) is 22.2 Å². The highest BCUT2D eigenvalue weighted by Gasteiger charge is 2.24. The molecule has 0 saturated carbocycles. The topological polar surface area (TPSA) is 81.8 Å². The lowest BCUT2D eigenvalue weighted by molar-refractivity contribution is 0.453. The van der Waals surface area contributed by atoms with Gasteiger partial charge in [-0.1, -0.05) is 66.7 Å². The molecule has 186 valence electrons. The van der Waals surface area contributed by atoms with Crippen molar-refractivity contribution in [3.8, 4) is 11.3 Å².